The summed E-state index contributed by atoms with van der Waals surface area (Å²) in [5.41, 5.74) is 2.12. The van der Waals surface area contributed by atoms with Crippen LogP contribution in [-0.2, 0) is 0 Å². The van der Waals surface area contributed by atoms with E-state index in [0.29, 0.717) is 42.6 Å². The SMILES string of the molecule is Cc1ccc(O[C@@H]2C[C@@H]3CN(C(=O)c4cc(C)on4)C[C@@H]3C[C@H]2O)c(C)n1. The molecular weight excluding hydrogens is 346 g/mol. The maximum atomic E-state index is 12.6. The lowest BCUT2D eigenvalue weighted by molar-refractivity contribution is -0.0236. The molecule has 3 heterocycles. The van der Waals surface area contributed by atoms with Gasteiger partial charge in [0.1, 0.15) is 17.6 Å². The Morgan fingerprint density at radius 1 is 1.22 bits per heavy atom. The van der Waals surface area contributed by atoms with Crippen molar-refractivity contribution in [2.45, 2.75) is 45.8 Å². The van der Waals surface area contributed by atoms with Gasteiger partial charge in [-0.2, -0.15) is 0 Å². The molecule has 1 saturated heterocycles. The molecule has 1 saturated carbocycles. The second-order valence-electron chi connectivity index (χ2n) is 7.78. The topological polar surface area (TPSA) is 88.7 Å². The van der Waals surface area contributed by atoms with Gasteiger partial charge in [0.15, 0.2) is 5.69 Å². The summed E-state index contributed by atoms with van der Waals surface area (Å²) in [6.07, 6.45) is 0.533. The van der Waals surface area contributed by atoms with Crippen molar-refractivity contribution in [3.8, 4) is 5.75 Å². The molecule has 0 bridgehead atoms. The lowest BCUT2D eigenvalue weighted by Gasteiger charge is -2.35. The zero-order valence-corrected chi connectivity index (χ0v) is 15.9. The predicted molar refractivity (Wildman–Crippen MR) is 97.5 cm³/mol. The van der Waals surface area contributed by atoms with Gasteiger partial charge < -0.3 is 19.3 Å². The van der Waals surface area contributed by atoms with Crippen LogP contribution in [0.15, 0.2) is 22.7 Å². The van der Waals surface area contributed by atoms with E-state index < -0.39 is 6.10 Å². The predicted octanol–water partition coefficient (Wildman–Crippen LogP) is 2.29. The van der Waals surface area contributed by atoms with Gasteiger partial charge >= 0.3 is 0 Å². The molecule has 4 rings (SSSR count). The Bertz CT molecular complexity index is 850. The van der Waals surface area contributed by atoms with E-state index in [2.05, 4.69) is 10.1 Å². The van der Waals surface area contributed by atoms with E-state index in [4.69, 9.17) is 9.26 Å². The van der Waals surface area contributed by atoms with Crippen LogP contribution in [0.1, 0.15) is 40.5 Å². The Hall–Kier alpha value is -2.41. The molecule has 1 aliphatic carbocycles. The molecule has 144 valence electrons. The molecule has 0 aromatic carbocycles. The van der Waals surface area contributed by atoms with Crippen molar-refractivity contribution in [3.63, 3.8) is 0 Å². The summed E-state index contributed by atoms with van der Waals surface area (Å²) >= 11 is 0. The van der Waals surface area contributed by atoms with Crippen molar-refractivity contribution in [3.05, 3.63) is 41.0 Å². The number of carbonyl (C=O) groups is 1. The number of ether oxygens (including phenoxy) is 1. The van der Waals surface area contributed by atoms with Gasteiger partial charge in [-0.15, -0.1) is 0 Å². The molecule has 0 radical (unpaired) electrons. The standard InChI is InChI=1S/C20H25N3O4/c1-11-4-5-18(13(3)21-11)26-19-8-15-10-23(9-14(15)7-17(19)24)20(25)16-6-12(2)27-22-16/h4-6,14-15,17,19,24H,7-10H2,1-3H3/t14-,15+,17+,19+/m0/s1. The molecule has 1 N–H and O–H groups in total. The Balaban J connectivity index is 1.43. The molecule has 0 spiro atoms. The number of aliphatic hydroxyl groups is 1. The molecule has 2 aliphatic rings. The average molecular weight is 371 g/mol. The summed E-state index contributed by atoms with van der Waals surface area (Å²) in [7, 11) is 0. The molecular formula is C20H25N3O4. The van der Waals surface area contributed by atoms with Crippen molar-refractivity contribution in [1.29, 1.82) is 0 Å². The van der Waals surface area contributed by atoms with E-state index in [1.165, 1.54) is 0 Å². The van der Waals surface area contributed by atoms with Gasteiger partial charge in [-0.1, -0.05) is 5.16 Å². The van der Waals surface area contributed by atoms with Gasteiger partial charge in [0, 0.05) is 24.8 Å². The number of nitrogens with zero attached hydrogens (tertiary/aromatic N) is 3. The highest BCUT2D eigenvalue weighted by Gasteiger charge is 2.44. The number of likely N-dealkylation sites (tertiary alicyclic amines) is 1. The lowest BCUT2D eigenvalue weighted by Crippen LogP contribution is -2.42. The summed E-state index contributed by atoms with van der Waals surface area (Å²) in [6, 6.07) is 5.49. The van der Waals surface area contributed by atoms with Gasteiger partial charge in [0.05, 0.1) is 11.8 Å². The molecule has 0 unspecified atom stereocenters. The maximum Gasteiger partial charge on any atom is 0.276 e. The van der Waals surface area contributed by atoms with Crippen LogP contribution in [0.4, 0.5) is 0 Å². The van der Waals surface area contributed by atoms with Crippen molar-refractivity contribution in [2.75, 3.05) is 13.1 Å². The van der Waals surface area contributed by atoms with E-state index in [9.17, 15) is 9.90 Å². The minimum absolute atomic E-state index is 0.105. The van der Waals surface area contributed by atoms with E-state index in [-0.39, 0.29) is 17.9 Å². The van der Waals surface area contributed by atoms with Crippen molar-refractivity contribution in [1.82, 2.24) is 15.0 Å². The largest absolute Gasteiger partial charge is 0.486 e. The Morgan fingerprint density at radius 2 is 1.96 bits per heavy atom. The molecule has 7 heteroatoms. The number of amides is 1. The lowest BCUT2D eigenvalue weighted by atomic mass is 9.78. The number of hydrogen-bond donors (Lipinski definition) is 1. The molecule has 2 aromatic rings. The summed E-state index contributed by atoms with van der Waals surface area (Å²) in [5.74, 6) is 1.84. The van der Waals surface area contributed by atoms with Gasteiger partial charge in [0.2, 0.25) is 0 Å². The fourth-order valence-corrected chi connectivity index (χ4v) is 4.27. The van der Waals surface area contributed by atoms with Crippen LogP contribution in [0.25, 0.3) is 0 Å². The number of rotatable bonds is 3. The zero-order chi connectivity index (χ0) is 19.1. The normalized spacial score (nSPS) is 27.5. The maximum absolute atomic E-state index is 12.6. The summed E-state index contributed by atoms with van der Waals surface area (Å²) in [5, 5.41) is 14.4. The number of pyridine rings is 1. The molecule has 1 aliphatic heterocycles. The van der Waals surface area contributed by atoms with Gasteiger partial charge in [0.25, 0.3) is 5.91 Å². The van der Waals surface area contributed by atoms with E-state index in [0.717, 1.165) is 17.8 Å². The minimum Gasteiger partial charge on any atom is -0.486 e. The highest BCUT2D eigenvalue weighted by Crippen LogP contribution is 2.38. The average Bonchev–Trinajstić information content (AvgIpc) is 3.23. The summed E-state index contributed by atoms with van der Waals surface area (Å²) < 4.78 is 11.1. The minimum atomic E-state index is -0.545. The number of fused-ring (bicyclic) bond motifs is 1. The molecule has 2 aromatic heterocycles. The molecule has 7 nitrogen and oxygen atoms in total. The van der Waals surface area contributed by atoms with Crippen LogP contribution < -0.4 is 4.74 Å². The highest BCUT2D eigenvalue weighted by atomic mass is 16.5. The first-order valence-corrected chi connectivity index (χ1v) is 9.42. The second-order valence-corrected chi connectivity index (χ2v) is 7.78. The van der Waals surface area contributed by atoms with Crippen molar-refractivity contribution >= 4 is 5.91 Å². The van der Waals surface area contributed by atoms with Crippen LogP contribution in [0.3, 0.4) is 0 Å². The Kier molecular flexibility index (Phi) is 4.63. The number of aryl methyl sites for hydroxylation is 3. The van der Waals surface area contributed by atoms with E-state index >= 15 is 0 Å². The van der Waals surface area contributed by atoms with Crippen LogP contribution >= 0.6 is 0 Å². The molecule has 1 amide bonds. The smallest absolute Gasteiger partial charge is 0.276 e. The Labute approximate surface area is 158 Å². The van der Waals surface area contributed by atoms with Crippen LogP contribution in [-0.4, -0.2) is 51.4 Å². The summed E-state index contributed by atoms with van der Waals surface area (Å²) in [6.45, 7) is 6.93. The first kappa shape index (κ1) is 18.0. The Morgan fingerprint density at radius 3 is 2.63 bits per heavy atom. The first-order valence-electron chi connectivity index (χ1n) is 9.42. The first-order chi connectivity index (χ1) is 12.9. The van der Waals surface area contributed by atoms with Crippen molar-refractivity contribution in [2.24, 2.45) is 11.8 Å². The number of hydrogen-bond acceptors (Lipinski definition) is 6. The van der Waals surface area contributed by atoms with Crippen LogP contribution in [0, 0.1) is 32.6 Å². The summed E-state index contributed by atoms with van der Waals surface area (Å²) in [4.78, 5) is 18.9. The third kappa shape index (κ3) is 3.56. The fraction of sp³-hybridized carbons (Fsp3) is 0.550. The molecule has 4 atom stereocenters. The third-order valence-electron chi connectivity index (χ3n) is 5.67. The number of carbonyl (C=O) groups excluding carboxylic acids is 1. The van der Waals surface area contributed by atoms with Gasteiger partial charge in [-0.05, 0) is 57.6 Å². The van der Waals surface area contributed by atoms with Gasteiger partial charge in [-0.3, -0.25) is 9.78 Å². The number of aliphatic hydroxyl groups excluding tert-OH is 1. The van der Waals surface area contributed by atoms with E-state index in [1.807, 2.05) is 30.9 Å². The number of aromatic nitrogens is 2. The van der Waals surface area contributed by atoms with Crippen molar-refractivity contribution < 1.29 is 19.2 Å². The highest BCUT2D eigenvalue weighted by molar-refractivity contribution is 5.92. The molecule has 27 heavy (non-hydrogen) atoms. The zero-order valence-electron chi connectivity index (χ0n) is 15.9. The van der Waals surface area contributed by atoms with Crippen LogP contribution in [0.2, 0.25) is 0 Å². The quantitative estimate of drug-likeness (QED) is 0.890. The molecule has 2 fully saturated rings. The fourth-order valence-electron chi connectivity index (χ4n) is 4.27. The monoisotopic (exact) mass is 371 g/mol. The van der Waals surface area contributed by atoms with E-state index in [1.54, 1.807) is 13.0 Å². The second kappa shape index (κ2) is 6.96. The third-order valence-corrected chi connectivity index (χ3v) is 5.67. The van der Waals surface area contributed by atoms with Crippen LogP contribution in [0.5, 0.6) is 5.75 Å². The van der Waals surface area contributed by atoms with Gasteiger partial charge in [-0.25, -0.2) is 0 Å².